The van der Waals surface area contributed by atoms with Crippen LogP contribution in [-0.4, -0.2) is 120 Å². The van der Waals surface area contributed by atoms with Gasteiger partial charge in [-0.2, -0.15) is 0 Å². The fraction of sp³-hybridized carbons (Fsp3) is 0.547. The van der Waals surface area contributed by atoms with E-state index in [1.165, 1.54) is 11.8 Å². The van der Waals surface area contributed by atoms with Crippen LogP contribution >= 0.6 is 11.3 Å². The Morgan fingerprint density at radius 1 is 0.944 bits per heavy atom. The Labute approximate surface area is 420 Å². The van der Waals surface area contributed by atoms with Gasteiger partial charge in [-0.25, -0.2) is 19.3 Å². The first-order valence-corrected chi connectivity index (χ1v) is 27.8. The summed E-state index contributed by atoms with van der Waals surface area (Å²) in [5.41, 5.74) is -6.95. The quantitative estimate of drug-likeness (QED) is 0.0695. The van der Waals surface area contributed by atoms with E-state index in [1.807, 2.05) is 67.9 Å². The lowest BCUT2D eigenvalue weighted by molar-refractivity contribution is -0.344. The van der Waals surface area contributed by atoms with Crippen molar-refractivity contribution in [2.45, 2.75) is 149 Å². The van der Waals surface area contributed by atoms with Crippen molar-refractivity contribution in [3.8, 4) is 0 Å². The number of likely N-dealkylation sites (tertiary alicyclic amines) is 1. The highest BCUT2D eigenvalue weighted by atomic mass is 32.1. The van der Waals surface area contributed by atoms with E-state index in [1.54, 1.807) is 97.1 Å². The smallest absolute Gasteiger partial charge is 0.455 e. The molecule has 3 aliphatic carbocycles. The fourth-order valence-electron chi connectivity index (χ4n) is 11.4. The molecule has 2 N–H and O–H groups in total. The largest absolute Gasteiger partial charge is 0.509 e. The summed E-state index contributed by atoms with van der Waals surface area (Å²) in [6.45, 7) is 20.4. The van der Waals surface area contributed by atoms with E-state index >= 15 is 4.79 Å². The molecule has 18 heteroatoms. The summed E-state index contributed by atoms with van der Waals surface area (Å²) in [4.78, 5) is 82.4. The van der Waals surface area contributed by atoms with Crippen molar-refractivity contribution < 1.29 is 71.8 Å². The normalized spacial score (nSPS) is 31.9. The van der Waals surface area contributed by atoms with Crippen LogP contribution in [0.1, 0.15) is 103 Å². The Hall–Kier alpha value is -5.24. The molecule has 2 aromatic carbocycles. The van der Waals surface area contributed by atoms with Gasteiger partial charge in [-0.1, -0.05) is 75.4 Å². The number of hydrogen-bond donors (Lipinski definition) is 2. The number of aliphatic hydroxyl groups excluding tert-OH is 1. The molecule has 2 aliphatic heterocycles. The van der Waals surface area contributed by atoms with Gasteiger partial charge < -0.3 is 43.1 Å². The number of nitrogens with zero attached hydrogens (tertiary/aromatic N) is 1. The number of thiophene rings is 1. The molecule has 0 spiro atoms. The average molecular weight is 1020 g/mol. The number of rotatable bonds is 9. The van der Waals surface area contributed by atoms with Crippen LogP contribution in [0.2, 0.25) is 13.1 Å². The molecular formula is C53H67NO15SSi. The Kier molecular flexibility index (Phi) is 14.8. The zero-order valence-corrected chi connectivity index (χ0v) is 44.3. The third-order valence-corrected chi connectivity index (χ3v) is 18.6. The van der Waals surface area contributed by atoms with Crippen molar-refractivity contribution in [1.29, 1.82) is 0 Å². The number of carbonyl (C=O) groups is 6. The Morgan fingerprint density at radius 2 is 1.58 bits per heavy atom. The van der Waals surface area contributed by atoms with E-state index in [0.29, 0.717) is 5.57 Å². The first-order valence-electron chi connectivity index (χ1n) is 24.1. The highest BCUT2D eigenvalue weighted by molar-refractivity contribution is 7.10. The minimum absolute atomic E-state index is 0.0394. The molecule has 3 heterocycles. The van der Waals surface area contributed by atoms with E-state index in [-0.39, 0.29) is 55.1 Å². The lowest BCUT2D eigenvalue weighted by Crippen LogP contribution is -2.82. The number of benzene rings is 2. The molecule has 4 fully saturated rings. The van der Waals surface area contributed by atoms with Gasteiger partial charge >= 0.3 is 24.2 Å². The molecule has 2 saturated heterocycles. The van der Waals surface area contributed by atoms with Gasteiger partial charge in [0.2, 0.25) is 14.2 Å². The van der Waals surface area contributed by atoms with Crippen LogP contribution in [0.5, 0.6) is 0 Å². The van der Waals surface area contributed by atoms with Gasteiger partial charge in [0.05, 0.1) is 54.3 Å². The van der Waals surface area contributed by atoms with Crippen LogP contribution in [0, 0.1) is 22.7 Å². The van der Waals surface area contributed by atoms with Crippen LogP contribution in [0.15, 0.2) is 89.3 Å². The molecule has 16 nitrogen and oxygen atoms in total. The summed E-state index contributed by atoms with van der Waals surface area (Å²) >= 11 is 1.55. The maximum Gasteiger partial charge on any atom is 0.509 e. The predicted octanol–water partition coefficient (Wildman–Crippen LogP) is 7.60. The first-order chi connectivity index (χ1) is 33.2. The van der Waals surface area contributed by atoms with E-state index < -0.39 is 102 Å². The molecular weight excluding hydrogens is 951 g/mol. The predicted molar refractivity (Wildman–Crippen MR) is 263 cm³/mol. The lowest BCUT2D eigenvalue weighted by atomic mass is 9.44. The topological polar surface area (TPSA) is 211 Å². The molecule has 5 aliphatic rings. The number of esters is 2. The molecule has 2 amide bonds. The van der Waals surface area contributed by atoms with Gasteiger partial charge in [0, 0.05) is 30.1 Å². The summed E-state index contributed by atoms with van der Waals surface area (Å²) in [5, 5.41) is 27.9. The molecule has 1 aromatic heterocycles. The molecule has 11 atom stereocenters. The number of ether oxygens (including phenoxy) is 6. The SMILES string of the molecule is CCOC(=O)O[C@H]1C(=O)[C@@]2(C)C([C@H](OC(=O)c3ccccc3)[C@]3(O)C[C@H](O)C(C)=C1C3(C)C)[C@]1(OC(C)=O)CO[C@@H]1C[C@@H]2O[Si](C)(C)c1ccccc1.C[C@H]1C(=O)N(C(=O)OC(C)(C)C)[C@H]1c1cccs1. The monoisotopic (exact) mass is 1020 g/mol. The second-order valence-corrected chi connectivity index (χ2v) is 26.2. The molecule has 2 bridgehead atoms. The average Bonchev–Trinajstić information content (AvgIpc) is 3.83. The van der Waals surface area contributed by atoms with Crippen molar-refractivity contribution in [3.63, 3.8) is 0 Å². The van der Waals surface area contributed by atoms with Crippen molar-refractivity contribution in [3.05, 3.63) is 99.8 Å². The number of fused-ring (bicyclic) bond motifs is 5. The number of ketones is 1. The number of carbonyl (C=O) groups excluding carboxylic acids is 6. The summed E-state index contributed by atoms with van der Waals surface area (Å²) < 4.78 is 42.4. The molecule has 2 saturated carbocycles. The Bertz CT molecular complexity index is 2540. The van der Waals surface area contributed by atoms with Gasteiger partial charge in [-0.3, -0.25) is 14.4 Å². The van der Waals surface area contributed by atoms with Gasteiger partial charge in [0.1, 0.15) is 23.4 Å². The van der Waals surface area contributed by atoms with E-state index in [0.717, 1.165) is 10.1 Å². The lowest BCUT2D eigenvalue weighted by Gasteiger charge is -2.68. The first kappa shape index (κ1) is 53.6. The maximum atomic E-state index is 15.9. The Balaban J connectivity index is 0.000000345. The summed E-state index contributed by atoms with van der Waals surface area (Å²) in [7, 11) is -2.88. The van der Waals surface area contributed by atoms with Gasteiger partial charge in [0.25, 0.3) is 0 Å². The Morgan fingerprint density at radius 3 is 2.13 bits per heavy atom. The molecule has 0 radical (unpaired) electrons. The second-order valence-electron chi connectivity index (χ2n) is 21.4. The molecule has 8 rings (SSSR count). The molecule has 71 heavy (non-hydrogen) atoms. The third-order valence-electron chi connectivity index (χ3n) is 15.1. The zero-order valence-electron chi connectivity index (χ0n) is 42.5. The number of β-lactam (4-membered cyclic amide) rings is 1. The van der Waals surface area contributed by atoms with Crippen LogP contribution in [0.25, 0.3) is 0 Å². The van der Waals surface area contributed by atoms with Crippen LogP contribution in [0.3, 0.4) is 0 Å². The highest BCUT2D eigenvalue weighted by Gasteiger charge is 2.79. The number of hydrogen-bond acceptors (Lipinski definition) is 16. The van der Waals surface area contributed by atoms with Crippen LogP contribution < -0.4 is 5.19 Å². The number of Topliss-reactive ketones (excluding diaryl/α,β-unsaturated/α-hetero) is 1. The standard InChI is InChI=1S/C40H50O12Si.C13H17NO3S/c1-9-47-36(45)49-31-30-23(2)27(42)21-40(46,37(30,4)5)34(50-35(44)25-16-12-10-13-17-25)32-38(6,33(31)43)28(20-29-39(32,22-48-29)51-24(3)41)52-53(7,8)26-18-14-11-15-19-26;1-8-10(9-6-5-7-18-9)14(11(8)15)12(16)17-13(2,3)4/h10-19,27-29,31-32,34,42,46H,9,20-22H2,1-8H3;5-8,10H,1-4H3/t27-,28-,29+,31+,32?,34-,38+,39-,40+;8-,10-/m01/s1. The van der Waals surface area contributed by atoms with Gasteiger partial charge in [-0.15, -0.1) is 11.3 Å². The summed E-state index contributed by atoms with van der Waals surface area (Å²) in [6, 6.07) is 21.5. The van der Waals surface area contributed by atoms with Crippen molar-refractivity contribution in [2.75, 3.05) is 13.2 Å². The van der Waals surface area contributed by atoms with Crippen molar-refractivity contribution in [1.82, 2.24) is 4.90 Å². The molecule has 384 valence electrons. The maximum absolute atomic E-state index is 15.9. The minimum atomic E-state index is -2.88. The highest BCUT2D eigenvalue weighted by Crippen LogP contribution is 2.65. The number of imide groups is 1. The van der Waals surface area contributed by atoms with Crippen molar-refractivity contribution >= 4 is 60.7 Å². The van der Waals surface area contributed by atoms with E-state index in [9.17, 15) is 34.2 Å². The minimum Gasteiger partial charge on any atom is -0.455 e. The van der Waals surface area contributed by atoms with Crippen molar-refractivity contribution in [2.24, 2.45) is 22.7 Å². The van der Waals surface area contributed by atoms with Gasteiger partial charge in [-0.05, 0) is 94.5 Å². The van der Waals surface area contributed by atoms with E-state index in [4.69, 9.17) is 32.8 Å². The summed E-state index contributed by atoms with van der Waals surface area (Å²) in [5.74, 6) is -3.77. The number of amides is 2. The zero-order chi connectivity index (χ0) is 52.2. The number of aliphatic hydroxyl groups is 2. The molecule has 3 aromatic rings. The molecule has 1 unspecified atom stereocenters. The van der Waals surface area contributed by atoms with Crippen LogP contribution in [0.4, 0.5) is 9.59 Å². The summed E-state index contributed by atoms with van der Waals surface area (Å²) in [6.07, 6.45) is -8.35. The third kappa shape index (κ3) is 9.51. The van der Waals surface area contributed by atoms with Crippen LogP contribution in [-0.2, 0) is 47.2 Å². The second kappa shape index (κ2) is 19.6. The fourth-order valence-corrected chi connectivity index (χ4v) is 14.5. The van der Waals surface area contributed by atoms with E-state index in [2.05, 4.69) is 0 Å². The van der Waals surface area contributed by atoms with Gasteiger partial charge in [0.15, 0.2) is 17.5 Å².